The smallest absolute Gasteiger partial charge is 0.123 e. The second-order valence-electron chi connectivity index (χ2n) is 5.27. The van der Waals surface area contributed by atoms with Crippen LogP contribution in [0, 0.1) is 5.92 Å². The molecule has 3 nitrogen and oxygen atoms in total. The fourth-order valence-electron chi connectivity index (χ4n) is 2.07. The molecule has 100 valence electrons. The van der Waals surface area contributed by atoms with Crippen LogP contribution in [-0.2, 0) is 6.54 Å². The van der Waals surface area contributed by atoms with Crippen LogP contribution in [0.5, 0.6) is 0 Å². The molecule has 18 heavy (non-hydrogen) atoms. The van der Waals surface area contributed by atoms with Gasteiger partial charge in [-0.25, -0.2) is 0 Å². The number of rotatable bonds is 6. The maximum Gasteiger partial charge on any atom is 0.123 e. The lowest BCUT2D eigenvalue weighted by molar-refractivity contribution is 0.220. The largest absolute Gasteiger partial charge is 0.388 e. The zero-order valence-corrected chi connectivity index (χ0v) is 12.5. The van der Waals surface area contributed by atoms with E-state index in [0.29, 0.717) is 16.9 Å². The number of nitrogens with two attached hydrogens (primary N) is 1. The molecule has 0 amide bonds. The highest BCUT2D eigenvalue weighted by Crippen LogP contribution is 2.14. The first kappa shape index (κ1) is 15.1. The van der Waals surface area contributed by atoms with Gasteiger partial charge in [-0.05, 0) is 37.9 Å². The Morgan fingerprint density at radius 1 is 1.44 bits per heavy atom. The van der Waals surface area contributed by atoms with Gasteiger partial charge < -0.3 is 5.73 Å². The number of nitrogens with zero attached hydrogens (tertiary/aromatic N) is 2. The third-order valence-corrected chi connectivity index (χ3v) is 3.30. The van der Waals surface area contributed by atoms with Gasteiger partial charge in [0.25, 0.3) is 0 Å². The average molecular weight is 265 g/mol. The van der Waals surface area contributed by atoms with Crippen molar-refractivity contribution >= 4 is 17.2 Å². The summed E-state index contributed by atoms with van der Waals surface area (Å²) in [4.78, 5) is 6.95. The highest BCUT2D eigenvalue weighted by atomic mass is 32.1. The monoisotopic (exact) mass is 265 g/mol. The summed E-state index contributed by atoms with van der Waals surface area (Å²) in [6.07, 6.45) is 2.91. The Labute approximate surface area is 115 Å². The van der Waals surface area contributed by atoms with Crippen LogP contribution in [0.4, 0.5) is 0 Å². The van der Waals surface area contributed by atoms with Crippen LogP contribution in [-0.4, -0.2) is 28.0 Å². The van der Waals surface area contributed by atoms with Crippen molar-refractivity contribution in [2.75, 3.05) is 7.05 Å². The van der Waals surface area contributed by atoms with Crippen molar-refractivity contribution < 1.29 is 0 Å². The molecule has 0 aliphatic heterocycles. The minimum absolute atomic E-state index is 0.371. The van der Waals surface area contributed by atoms with Crippen LogP contribution < -0.4 is 5.73 Å². The van der Waals surface area contributed by atoms with Crippen LogP contribution in [0.2, 0.25) is 0 Å². The Bertz CT molecular complexity index is 404. The molecular weight excluding hydrogens is 242 g/mol. The van der Waals surface area contributed by atoms with Crippen LogP contribution in [0.3, 0.4) is 0 Å². The first-order valence-electron chi connectivity index (χ1n) is 6.35. The van der Waals surface area contributed by atoms with E-state index in [4.69, 9.17) is 18.0 Å². The fraction of sp³-hybridized carbons (Fsp3) is 0.571. The van der Waals surface area contributed by atoms with E-state index in [9.17, 15) is 0 Å². The van der Waals surface area contributed by atoms with Gasteiger partial charge in [0.15, 0.2) is 0 Å². The summed E-state index contributed by atoms with van der Waals surface area (Å²) in [5.41, 5.74) is 7.54. The molecule has 0 aliphatic carbocycles. The number of hydrogen-bond acceptors (Lipinski definition) is 3. The molecule has 0 fully saturated rings. The van der Waals surface area contributed by atoms with E-state index < -0.39 is 0 Å². The Morgan fingerprint density at radius 2 is 2.11 bits per heavy atom. The molecule has 2 N–H and O–H groups in total. The van der Waals surface area contributed by atoms with Gasteiger partial charge in [0.05, 0.1) is 0 Å². The Hall–Kier alpha value is -1.00. The standard InChI is InChI=1S/C14H23N3S/c1-10(2)8-11(3)17(4)9-12-6-5-7-16-13(12)14(15)18/h5-7,10-11H,8-9H2,1-4H3,(H2,15,18). The van der Waals surface area contributed by atoms with Crippen molar-refractivity contribution in [1.29, 1.82) is 0 Å². The molecule has 0 spiro atoms. The van der Waals surface area contributed by atoms with Crippen LogP contribution >= 0.6 is 12.2 Å². The van der Waals surface area contributed by atoms with Crippen LogP contribution in [0.1, 0.15) is 38.4 Å². The van der Waals surface area contributed by atoms with E-state index in [2.05, 4.69) is 37.7 Å². The lowest BCUT2D eigenvalue weighted by Crippen LogP contribution is -2.31. The molecule has 1 aromatic heterocycles. The van der Waals surface area contributed by atoms with Crippen molar-refractivity contribution in [1.82, 2.24) is 9.88 Å². The Balaban J connectivity index is 2.75. The van der Waals surface area contributed by atoms with Gasteiger partial charge in [-0.3, -0.25) is 9.88 Å². The van der Waals surface area contributed by atoms with Crippen molar-refractivity contribution in [3.8, 4) is 0 Å². The molecule has 4 heteroatoms. The number of hydrogen-bond donors (Lipinski definition) is 1. The van der Waals surface area contributed by atoms with Crippen molar-refractivity contribution in [2.45, 2.75) is 39.8 Å². The first-order chi connectivity index (χ1) is 8.41. The second-order valence-corrected chi connectivity index (χ2v) is 5.71. The molecule has 0 bridgehead atoms. The zero-order valence-electron chi connectivity index (χ0n) is 11.7. The molecular formula is C14H23N3S. The van der Waals surface area contributed by atoms with Crippen molar-refractivity contribution in [3.05, 3.63) is 29.6 Å². The van der Waals surface area contributed by atoms with Gasteiger partial charge in [0, 0.05) is 18.8 Å². The number of aromatic nitrogens is 1. The molecule has 0 aliphatic rings. The maximum absolute atomic E-state index is 5.70. The highest BCUT2D eigenvalue weighted by Gasteiger charge is 2.14. The van der Waals surface area contributed by atoms with E-state index in [1.165, 1.54) is 6.42 Å². The van der Waals surface area contributed by atoms with E-state index in [1.807, 2.05) is 12.1 Å². The van der Waals surface area contributed by atoms with Gasteiger partial charge in [-0.15, -0.1) is 0 Å². The van der Waals surface area contributed by atoms with Crippen LogP contribution in [0.15, 0.2) is 18.3 Å². The summed E-state index contributed by atoms with van der Waals surface area (Å²) < 4.78 is 0. The third-order valence-electron chi connectivity index (χ3n) is 3.11. The Morgan fingerprint density at radius 3 is 2.67 bits per heavy atom. The minimum Gasteiger partial charge on any atom is -0.388 e. The predicted molar refractivity (Wildman–Crippen MR) is 80.5 cm³/mol. The lowest BCUT2D eigenvalue weighted by Gasteiger charge is -2.26. The summed E-state index contributed by atoms with van der Waals surface area (Å²) in [6.45, 7) is 7.56. The summed E-state index contributed by atoms with van der Waals surface area (Å²) >= 11 is 5.03. The summed E-state index contributed by atoms with van der Waals surface area (Å²) in [6, 6.07) is 4.50. The van der Waals surface area contributed by atoms with Crippen molar-refractivity contribution in [2.24, 2.45) is 11.7 Å². The first-order valence-corrected chi connectivity index (χ1v) is 6.76. The normalized spacial score (nSPS) is 13.0. The molecule has 0 aromatic carbocycles. The topological polar surface area (TPSA) is 42.2 Å². The van der Waals surface area contributed by atoms with E-state index in [0.717, 1.165) is 17.8 Å². The quantitative estimate of drug-likeness (QED) is 0.803. The predicted octanol–water partition coefficient (Wildman–Crippen LogP) is 2.58. The highest BCUT2D eigenvalue weighted by molar-refractivity contribution is 7.80. The van der Waals surface area contributed by atoms with Gasteiger partial charge >= 0.3 is 0 Å². The number of pyridine rings is 1. The van der Waals surface area contributed by atoms with E-state index in [1.54, 1.807) is 6.20 Å². The molecule has 0 saturated carbocycles. The molecule has 0 saturated heterocycles. The SMILES string of the molecule is CC(C)CC(C)N(C)Cc1cccnc1C(N)=S. The summed E-state index contributed by atoms with van der Waals surface area (Å²) in [5, 5.41) is 0. The van der Waals surface area contributed by atoms with Crippen molar-refractivity contribution in [3.63, 3.8) is 0 Å². The van der Waals surface area contributed by atoms with Gasteiger partial charge in [0.2, 0.25) is 0 Å². The number of thiocarbonyl (C=S) groups is 1. The molecule has 1 rings (SSSR count). The lowest BCUT2D eigenvalue weighted by atomic mass is 10.0. The average Bonchev–Trinajstić information content (AvgIpc) is 2.28. The molecule has 1 atom stereocenters. The second kappa shape index (κ2) is 6.81. The fourth-order valence-corrected chi connectivity index (χ4v) is 2.26. The summed E-state index contributed by atoms with van der Waals surface area (Å²) in [5.74, 6) is 0.700. The Kier molecular flexibility index (Phi) is 5.69. The molecule has 1 heterocycles. The van der Waals surface area contributed by atoms with E-state index >= 15 is 0 Å². The third kappa shape index (κ3) is 4.35. The van der Waals surface area contributed by atoms with Gasteiger partial charge in [-0.1, -0.05) is 32.1 Å². The molecule has 1 aromatic rings. The zero-order chi connectivity index (χ0) is 13.7. The molecule has 1 unspecified atom stereocenters. The van der Waals surface area contributed by atoms with Gasteiger partial charge in [-0.2, -0.15) is 0 Å². The summed E-state index contributed by atoms with van der Waals surface area (Å²) in [7, 11) is 2.13. The molecule has 0 radical (unpaired) electrons. The minimum atomic E-state index is 0.371. The van der Waals surface area contributed by atoms with Gasteiger partial charge in [0.1, 0.15) is 10.7 Å². The van der Waals surface area contributed by atoms with E-state index in [-0.39, 0.29) is 0 Å². The maximum atomic E-state index is 5.70. The van der Waals surface area contributed by atoms with Crippen LogP contribution in [0.25, 0.3) is 0 Å².